The van der Waals surface area contributed by atoms with Crippen molar-refractivity contribution in [3.05, 3.63) is 27.5 Å². The molecule has 2 rings (SSSR count). The van der Waals surface area contributed by atoms with Crippen molar-refractivity contribution in [2.75, 3.05) is 0 Å². The predicted molar refractivity (Wildman–Crippen MR) is 70.3 cm³/mol. The summed E-state index contributed by atoms with van der Waals surface area (Å²) in [6.45, 7) is 5.97. The summed E-state index contributed by atoms with van der Waals surface area (Å²) in [5.74, 6) is -0.181. The topological polar surface area (TPSA) is 60.7 Å². The van der Waals surface area contributed by atoms with Crippen molar-refractivity contribution < 1.29 is 4.79 Å². The molecule has 0 aliphatic heterocycles. The first-order valence-corrected chi connectivity index (χ1v) is 6.52. The van der Waals surface area contributed by atoms with Gasteiger partial charge >= 0.3 is 0 Å². The highest BCUT2D eigenvalue weighted by Gasteiger charge is 2.29. The van der Waals surface area contributed by atoms with Crippen molar-refractivity contribution in [2.45, 2.75) is 26.2 Å². The molecule has 0 aliphatic rings. The number of rotatable bonds is 2. The van der Waals surface area contributed by atoms with Crippen molar-refractivity contribution in [1.82, 2.24) is 19.4 Å². The maximum atomic E-state index is 12.5. The minimum atomic E-state index is -0.233. The van der Waals surface area contributed by atoms with E-state index in [2.05, 4.69) is 14.7 Å². The van der Waals surface area contributed by atoms with Crippen LogP contribution in [0.1, 0.15) is 41.8 Å². The highest BCUT2D eigenvalue weighted by atomic mass is 35.5. The lowest BCUT2D eigenvalue weighted by Crippen LogP contribution is -2.18. The Kier molecular flexibility index (Phi) is 3.25. The van der Waals surface area contributed by atoms with Crippen LogP contribution in [0.5, 0.6) is 0 Å². The van der Waals surface area contributed by atoms with E-state index in [-0.39, 0.29) is 11.2 Å². The number of hydrogen-bond acceptors (Lipinski definition) is 5. The molecule has 2 aromatic heterocycles. The van der Waals surface area contributed by atoms with E-state index in [0.29, 0.717) is 21.3 Å². The number of halogens is 1. The highest BCUT2D eigenvalue weighted by Crippen LogP contribution is 2.29. The molecule has 0 N–H and O–H groups in total. The Labute approximate surface area is 114 Å². The molecule has 0 aromatic carbocycles. The van der Waals surface area contributed by atoms with Gasteiger partial charge in [0.25, 0.3) is 0 Å². The standard InChI is InChI=1S/C11H13ClN4OS/c1-11(2,3)10-9(18-15-14-10)8(17)7-6(12)5-13-16(7)4/h5H,1-4H3. The van der Waals surface area contributed by atoms with Gasteiger partial charge in [-0.2, -0.15) is 5.10 Å². The molecule has 18 heavy (non-hydrogen) atoms. The molecule has 0 bridgehead atoms. The number of carbonyl (C=O) groups is 1. The molecule has 2 heterocycles. The van der Waals surface area contributed by atoms with Crippen LogP contribution < -0.4 is 0 Å². The average Bonchev–Trinajstić information content (AvgIpc) is 2.84. The van der Waals surface area contributed by atoms with Crippen molar-refractivity contribution in [3.63, 3.8) is 0 Å². The number of nitrogens with zero attached hydrogens (tertiary/aromatic N) is 4. The molecule has 0 unspecified atom stereocenters. The highest BCUT2D eigenvalue weighted by molar-refractivity contribution is 7.08. The molecule has 0 saturated carbocycles. The third kappa shape index (κ3) is 2.18. The summed E-state index contributed by atoms with van der Waals surface area (Å²) in [5.41, 5.74) is 0.825. The zero-order valence-electron chi connectivity index (χ0n) is 10.6. The fourth-order valence-corrected chi connectivity index (χ4v) is 2.67. The molecular weight excluding hydrogens is 272 g/mol. The molecule has 2 aromatic rings. The minimum absolute atomic E-state index is 0.181. The summed E-state index contributed by atoms with van der Waals surface area (Å²) in [4.78, 5) is 13.0. The molecule has 5 nitrogen and oxygen atoms in total. The van der Waals surface area contributed by atoms with Crippen molar-refractivity contribution in [3.8, 4) is 0 Å². The summed E-state index contributed by atoms with van der Waals surface area (Å²) >= 11 is 7.07. The van der Waals surface area contributed by atoms with E-state index in [1.807, 2.05) is 20.8 Å². The molecule has 0 atom stereocenters. The smallest absolute Gasteiger partial charge is 0.226 e. The van der Waals surface area contributed by atoms with Crippen LogP contribution in [0, 0.1) is 0 Å². The minimum Gasteiger partial charge on any atom is -0.286 e. The molecule has 0 fully saturated rings. The number of hydrogen-bond donors (Lipinski definition) is 0. The number of carbonyl (C=O) groups excluding carboxylic acids is 1. The van der Waals surface area contributed by atoms with Crippen LogP contribution in [-0.2, 0) is 12.5 Å². The van der Waals surface area contributed by atoms with Gasteiger partial charge in [-0.1, -0.05) is 36.9 Å². The van der Waals surface area contributed by atoms with Crippen molar-refractivity contribution in [2.24, 2.45) is 7.05 Å². The zero-order chi connectivity index (χ0) is 13.5. The SMILES string of the molecule is Cn1ncc(Cl)c1C(=O)c1snnc1C(C)(C)C. The van der Waals surface area contributed by atoms with Gasteiger partial charge in [-0.25, -0.2) is 0 Å². The average molecular weight is 285 g/mol. The molecule has 96 valence electrons. The quantitative estimate of drug-likeness (QED) is 0.795. The lowest BCUT2D eigenvalue weighted by molar-refractivity contribution is 0.103. The Balaban J connectivity index is 2.51. The molecule has 0 amide bonds. The Morgan fingerprint density at radius 3 is 2.61 bits per heavy atom. The van der Waals surface area contributed by atoms with Gasteiger partial charge in [0, 0.05) is 12.5 Å². The Morgan fingerprint density at radius 1 is 1.44 bits per heavy atom. The van der Waals surface area contributed by atoms with Crippen LogP contribution in [0.3, 0.4) is 0 Å². The van der Waals surface area contributed by atoms with Gasteiger partial charge in [0.1, 0.15) is 10.6 Å². The molecule has 0 spiro atoms. The normalized spacial score (nSPS) is 11.8. The van der Waals surface area contributed by atoms with E-state index in [4.69, 9.17) is 11.6 Å². The van der Waals surface area contributed by atoms with Crippen molar-refractivity contribution in [1.29, 1.82) is 0 Å². The van der Waals surface area contributed by atoms with Crippen LogP contribution in [0.15, 0.2) is 6.20 Å². The van der Waals surface area contributed by atoms with Gasteiger partial charge in [0.2, 0.25) is 5.78 Å². The van der Waals surface area contributed by atoms with Gasteiger partial charge in [0.15, 0.2) is 0 Å². The third-order valence-corrected chi connectivity index (χ3v) is 3.52. The Hall–Kier alpha value is -1.27. The second-order valence-corrected chi connectivity index (χ2v) is 6.16. The van der Waals surface area contributed by atoms with Crippen LogP contribution in [-0.4, -0.2) is 25.2 Å². The first-order valence-electron chi connectivity index (χ1n) is 5.37. The lowest BCUT2D eigenvalue weighted by Gasteiger charge is -2.15. The van der Waals surface area contributed by atoms with E-state index >= 15 is 0 Å². The molecule has 0 saturated heterocycles. The summed E-state index contributed by atoms with van der Waals surface area (Å²) in [7, 11) is 1.68. The van der Waals surface area contributed by atoms with E-state index in [0.717, 1.165) is 11.5 Å². The van der Waals surface area contributed by atoms with Crippen LogP contribution >= 0.6 is 23.1 Å². The first-order chi connectivity index (χ1) is 8.32. The second kappa shape index (κ2) is 4.44. The summed E-state index contributed by atoms with van der Waals surface area (Å²) in [5, 5.41) is 8.36. The third-order valence-electron chi connectivity index (χ3n) is 2.51. The van der Waals surface area contributed by atoms with E-state index < -0.39 is 0 Å². The van der Waals surface area contributed by atoms with Crippen LogP contribution in [0.4, 0.5) is 0 Å². The maximum Gasteiger partial charge on any atom is 0.226 e. The maximum absolute atomic E-state index is 12.5. The van der Waals surface area contributed by atoms with Gasteiger partial charge < -0.3 is 0 Å². The largest absolute Gasteiger partial charge is 0.286 e. The fourth-order valence-electron chi connectivity index (χ4n) is 1.60. The number of ketones is 1. The molecule has 0 radical (unpaired) electrons. The zero-order valence-corrected chi connectivity index (χ0v) is 12.1. The van der Waals surface area contributed by atoms with Gasteiger partial charge in [-0.15, -0.1) is 5.10 Å². The summed E-state index contributed by atoms with van der Waals surface area (Å²) in [6, 6.07) is 0. The number of aryl methyl sites for hydroxylation is 1. The van der Waals surface area contributed by atoms with E-state index in [1.165, 1.54) is 10.9 Å². The van der Waals surface area contributed by atoms with Crippen LogP contribution in [0.25, 0.3) is 0 Å². The monoisotopic (exact) mass is 284 g/mol. The van der Waals surface area contributed by atoms with E-state index in [9.17, 15) is 4.79 Å². The van der Waals surface area contributed by atoms with Gasteiger partial charge in [-0.3, -0.25) is 9.48 Å². The van der Waals surface area contributed by atoms with E-state index in [1.54, 1.807) is 7.05 Å². The Bertz CT molecular complexity index is 577. The fraction of sp³-hybridized carbons (Fsp3) is 0.455. The molecule has 0 aliphatic carbocycles. The second-order valence-electron chi connectivity index (χ2n) is 4.99. The number of aromatic nitrogens is 4. The van der Waals surface area contributed by atoms with Crippen LogP contribution in [0.2, 0.25) is 5.02 Å². The van der Waals surface area contributed by atoms with Crippen molar-refractivity contribution >= 4 is 28.9 Å². The Morgan fingerprint density at radius 2 is 2.11 bits per heavy atom. The summed E-state index contributed by atoms with van der Waals surface area (Å²) in [6.07, 6.45) is 1.46. The molecular formula is C11H13ClN4OS. The van der Waals surface area contributed by atoms with Gasteiger partial charge in [-0.05, 0) is 11.5 Å². The predicted octanol–water partition coefficient (Wildman–Crippen LogP) is 2.45. The lowest BCUT2D eigenvalue weighted by atomic mass is 9.90. The first kappa shape index (κ1) is 13.2. The van der Waals surface area contributed by atoms with Gasteiger partial charge in [0.05, 0.1) is 16.9 Å². The summed E-state index contributed by atoms with van der Waals surface area (Å²) < 4.78 is 5.35. The molecule has 7 heteroatoms.